The number of likely N-dealkylation sites (tertiary alicyclic amines) is 1. The Hall–Kier alpha value is -3.15. The van der Waals surface area contributed by atoms with E-state index >= 15 is 0 Å². The molecular weight excluding hydrogens is 444 g/mol. The maximum Gasteiger partial charge on any atom is 0.254 e. The zero-order valence-electron chi connectivity index (χ0n) is 18.9. The van der Waals surface area contributed by atoms with Gasteiger partial charge in [-0.1, -0.05) is 18.1 Å². The van der Waals surface area contributed by atoms with E-state index in [1.165, 1.54) is 0 Å². The monoisotopic (exact) mass is 473 g/mol. The number of nitrogens with zero attached hydrogens (tertiary/aromatic N) is 1. The third kappa shape index (κ3) is 4.72. The number of ether oxygens (including phenoxy) is 1. The number of carbonyl (C=O) groups excluding carboxylic acids is 3. The summed E-state index contributed by atoms with van der Waals surface area (Å²) < 4.78 is 32.4. The van der Waals surface area contributed by atoms with E-state index < -0.39 is 35.2 Å². The van der Waals surface area contributed by atoms with Gasteiger partial charge in [0, 0.05) is 13.0 Å². The van der Waals surface area contributed by atoms with Crippen molar-refractivity contribution in [1.82, 2.24) is 10.2 Å². The van der Waals surface area contributed by atoms with Crippen LogP contribution in [0.5, 0.6) is 5.75 Å². The van der Waals surface area contributed by atoms with E-state index in [0.717, 1.165) is 5.56 Å². The van der Waals surface area contributed by atoms with Crippen LogP contribution in [0.15, 0.2) is 24.3 Å². The summed E-state index contributed by atoms with van der Waals surface area (Å²) in [6.07, 6.45) is 8.13. The van der Waals surface area contributed by atoms with Gasteiger partial charge in [-0.3, -0.25) is 14.4 Å². The first-order valence-corrected chi connectivity index (χ1v) is 11.6. The summed E-state index contributed by atoms with van der Waals surface area (Å²) in [7, 11) is 0. The second kappa shape index (κ2) is 9.24. The molecule has 0 spiro atoms. The van der Waals surface area contributed by atoms with Crippen LogP contribution in [0, 0.1) is 18.3 Å². The van der Waals surface area contributed by atoms with Crippen LogP contribution in [0.25, 0.3) is 0 Å². The number of amides is 3. The van der Waals surface area contributed by atoms with Crippen molar-refractivity contribution in [3.63, 3.8) is 0 Å². The van der Waals surface area contributed by atoms with E-state index in [4.69, 9.17) is 16.9 Å². The molecule has 3 amide bonds. The molecular formula is C25H29F2N3O4. The molecule has 3 aliphatic rings. The molecule has 4 rings (SSSR count). The minimum Gasteiger partial charge on any atom is -0.493 e. The van der Waals surface area contributed by atoms with Gasteiger partial charge in [0.05, 0.1) is 30.4 Å². The van der Waals surface area contributed by atoms with Crippen molar-refractivity contribution in [2.24, 2.45) is 11.7 Å². The highest BCUT2D eigenvalue weighted by Crippen LogP contribution is 2.51. The largest absolute Gasteiger partial charge is 0.493 e. The van der Waals surface area contributed by atoms with Crippen LogP contribution < -0.4 is 15.8 Å². The fraction of sp³-hybridized carbons (Fsp3) is 0.560. The maximum atomic E-state index is 13.5. The predicted molar refractivity (Wildman–Crippen MR) is 120 cm³/mol. The number of nitrogens with two attached hydrogens (primary N) is 1. The number of nitrogens with one attached hydrogen (secondary N) is 1. The molecule has 0 aromatic heterocycles. The molecule has 1 heterocycles. The van der Waals surface area contributed by atoms with Gasteiger partial charge in [0.15, 0.2) is 0 Å². The summed E-state index contributed by atoms with van der Waals surface area (Å²) in [5.74, 6) is -1.68. The van der Waals surface area contributed by atoms with Crippen molar-refractivity contribution < 1.29 is 27.9 Å². The minimum absolute atomic E-state index is 0.0323. The average molecular weight is 474 g/mol. The van der Waals surface area contributed by atoms with Crippen LogP contribution in [0.2, 0.25) is 0 Å². The van der Waals surface area contributed by atoms with Gasteiger partial charge in [0.1, 0.15) is 11.8 Å². The summed E-state index contributed by atoms with van der Waals surface area (Å²) in [6.45, 7) is 0.432. The number of benzene rings is 1. The number of primary amides is 1. The van der Waals surface area contributed by atoms with Gasteiger partial charge < -0.3 is 20.7 Å². The Bertz CT molecular complexity index is 1000. The third-order valence-electron chi connectivity index (χ3n) is 7.18. The molecule has 1 saturated heterocycles. The third-order valence-corrected chi connectivity index (χ3v) is 7.18. The highest BCUT2D eigenvalue weighted by molar-refractivity contribution is 5.96. The van der Waals surface area contributed by atoms with Crippen LogP contribution in [0.1, 0.15) is 50.5 Å². The molecule has 34 heavy (non-hydrogen) atoms. The standard InChI is InChI=1S/C25H29F2N3O4/c1-2-18(14-21(28)31)29-22(32)20-4-3-13-30(20)23(33)24(11-12-24)16-5-7-19(8-6-16)34-15-17-9-10-25(17,26)27/h1,5-8,17-18,20H,3-4,9-15H2,(H2,28,31)(H,29,32)/t17?,18?,20-/m0/s1. The molecule has 1 aliphatic heterocycles. The lowest BCUT2D eigenvalue weighted by molar-refractivity contribution is -0.143. The number of alkyl halides is 2. The van der Waals surface area contributed by atoms with Crippen LogP contribution >= 0.6 is 0 Å². The van der Waals surface area contributed by atoms with E-state index in [2.05, 4.69) is 11.2 Å². The molecule has 2 unspecified atom stereocenters. The van der Waals surface area contributed by atoms with Crippen molar-refractivity contribution in [2.75, 3.05) is 13.2 Å². The average Bonchev–Trinajstić information content (AvgIpc) is 3.46. The molecule has 3 atom stereocenters. The highest BCUT2D eigenvalue weighted by Gasteiger charge is 2.55. The van der Waals surface area contributed by atoms with Crippen LogP contribution in [-0.2, 0) is 19.8 Å². The van der Waals surface area contributed by atoms with E-state index in [1.54, 1.807) is 29.2 Å². The summed E-state index contributed by atoms with van der Waals surface area (Å²) in [5, 5.41) is 2.64. The van der Waals surface area contributed by atoms with Crippen molar-refractivity contribution in [2.45, 2.75) is 68.4 Å². The van der Waals surface area contributed by atoms with E-state index in [0.29, 0.717) is 44.4 Å². The summed E-state index contributed by atoms with van der Waals surface area (Å²) in [6, 6.07) is 5.53. The number of hydrogen-bond acceptors (Lipinski definition) is 4. The molecule has 182 valence electrons. The molecule has 0 bridgehead atoms. The lowest BCUT2D eigenvalue weighted by atomic mass is 9.81. The molecule has 0 radical (unpaired) electrons. The Labute approximate surface area is 197 Å². The topological polar surface area (TPSA) is 102 Å². The lowest BCUT2D eigenvalue weighted by Crippen LogP contribution is -2.51. The number of carbonyl (C=O) groups is 3. The first-order valence-electron chi connectivity index (χ1n) is 11.6. The number of rotatable bonds is 9. The summed E-state index contributed by atoms with van der Waals surface area (Å²) in [4.78, 5) is 39.1. The SMILES string of the molecule is C#CC(CC(N)=O)NC(=O)[C@@H]1CCCN1C(=O)C1(c2ccc(OCC3CCC3(F)F)cc2)CC1. The number of halogens is 2. The first-order chi connectivity index (χ1) is 16.2. The van der Waals surface area contributed by atoms with Gasteiger partial charge in [-0.05, 0) is 49.8 Å². The number of hydrogen-bond donors (Lipinski definition) is 2. The van der Waals surface area contributed by atoms with E-state index in [1.807, 2.05) is 0 Å². The van der Waals surface area contributed by atoms with Gasteiger partial charge in [-0.15, -0.1) is 6.42 Å². The Kier molecular flexibility index (Phi) is 6.52. The van der Waals surface area contributed by atoms with Crippen LogP contribution in [-0.4, -0.2) is 53.8 Å². The zero-order chi connectivity index (χ0) is 24.5. The van der Waals surface area contributed by atoms with Gasteiger partial charge in [0.2, 0.25) is 17.7 Å². The van der Waals surface area contributed by atoms with E-state index in [9.17, 15) is 23.2 Å². The van der Waals surface area contributed by atoms with Gasteiger partial charge in [-0.2, -0.15) is 0 Å². The molecule has 7 nitrogen and oxygen atoms in total. The Morgan fingerprint density at radius 1 is 1.21 bits per heavy atom. The zero-order valence-corrected chi connectivity index (χ0v) is 18.9. The Morgan fingerprint density at radius 3 is 2.44 bits per heavy atom. The number of terminal acetylenes is 1. The van der Waals surface area contributed by atoms with Crippen molar-refractivity contribution >= 4 is 17.7 Å². The lowest BCUT2D eigenvalue weighted by Gasteiger charge is -2.35. The van der Waals surface area contributed by atoms with Crippen molar-refractivity contribution in [3.8, 4) is 18.1 Å². The Morgan fingerprint density at radius 2 is 1.91 bits per heavy atom. The quantitative estimate of drug-likeness (QED) is 0.537. The summed E-state index contributed by atoms with van der Waals surface area (Å²) in [5.41, 5.74) is 5.30. The van der Waals surface area contributed by atoms with Crippen molar-refractivity contribution in [1.29, 1.82) is 0 Å². The second-order valence-electron chi connectivity index (χ2n) is 9.47. The summed E-state index contributed by atoms with van der Waals surface area (Å²) >= 11 is 0. The first kappa shape index (κ1) is 24.0. The van der Waals surface area contributed by atoms with E-state index in [-0.39, 0.29) is 31.3 Å². The molecule has 1 aromatic carbocycles. The maximum absolute atomic E-state index is 13.5. The van der Waals surface area contributed by atoms with Crippen LogP contribution in [0.4, 0.5) is 8.78 Å². The molecule has 3 fully saturated rings. The van der Waals surface area contributed by atoms with Crippen molar-refractivity contribution in [3.05, 3.63) is 29.8 Å². The second-order valence-corrected chi connectivity index (χ2v) is 9.47. The fourth-order valence-electron chi connectivity index (χ4n) is 4.77. The molecule has 9 heteroatoms. The molecule has 1 aromatic rings. The van der Waals surface area contributed by atoms with Gasteiger partial charge >= 0.3 is 0 Å². The molecule has 2 aliphatic carbocycles. The minimum atomic E-state index is -2.65. The molecule has 2 saturated carbocycles. The van der Waals surface area contributed by atoms with Crippen LogP contribution in [0.3, 0.4) is 0 Å². The van der Waals surface area contributed by atoms with Gasteiger partial charge in [-0.25, -0.2) is 8.78 Å². The van der Waals surface area contributed by atoms with Gasteiger partial charge in [0.25, 0.3) is 5.92 Å². The normalized spacial score (nSPS) is 24.9. The Balaban J connectivity index is 1.39. The fourth-order valence-corrected chi connectivity index (χ4v) is 4.77. The highest BCUT2D eigenvalue weighted by atomic mass is 19.3. The predicted octanol–water partition coefficient (Wildman–Crippen LogP) is 2.13. The smallest absolute Gasteiger partial charge is 0.254 e. The molecule has 3 N–H and O–H groups in total.